The summed E-state index contributed by atoms with van der Waals surface area (Å²) >= 11 is 0. The highest BCUT2D eigenvalue weighted by molar-refractivity contribution is 5.92. The van der Waals surface area contributed by atoms with E-state index in [-0.39, 0.29) is 35.6 Å². The summed E-state index contributed by atoms with van der Waals surface area (Å²) in [5.41, 5.74) is 6.32. The lowest BCUT2D eigenvalue weighted by Crippen LogP contribution is -2.40. The zero-order valence-electron chi connectivity index (χ0n) is 19.9. The molecule has 1 aliphatic heterocycles. The molecule has 0 bridgehead atoms. The highest BCUT2D eigenvalue weighted by Crippen LogP contribution is 2.25. The summed E-state index contributed by atoms with van der Waals surface area (Å²) in [6.45, 7) is 1.32. The van der Waals surface area contributed by atoms with Crippen LogP contribution < -0.4 is 15.8 Å². The van der Waals surface area contributed by atoms with Crippen LogP contribution in [0.15, 0.2) is 55.0 Å². The van der Waals surface area contributed by atoms with E-state index in [2.05, 4.69) is 15.0 Å². The molecule has 12 heteroatoms. The number of guanidine groups is 1. The van der Waals surface area contributed by atoms with Gasteiger partial charge in [0.2, 0.25) is 0 Å². The number of likely N-dealkylation sites (tertiary alicyclic amines) is 1. The van der Waals surface area contributed by atoms with Gasteiger partial charge < -0.3 is 20.1 Å². The average molecular weight is 508 g/mol. The number of aromatic nitrogens is 3. The van der Waals surface area contributed by atoms with Gasteiger partial charge in [0.1, 0.15) is 18.1 Å². The van der Waals surface area contributed by atoms with Crippen molar-refractivity contribution in [3.63, 3.8) is 0 Å². The van der Waals surface area contributed by atoms with Crippen molar-refractivity contribution in [1.82, 2.24) is 25.2 Å². The Bertz CT molecular complexity index is 1250. The first-order chi connectivity index (χ1) is 17.9. The molecule has 3 heterocycles. The van der Waals surface area contributed by atoms with Crippen LogP contribution in [0.25, 0.3) is 11.1 Å². The molecule has 0 aliphatic carbocycles. The third kappa shape index (κ3) is 6.75. The Morgan fingerprint density at radius 2 is 1.86 bits per heavy atom. The van der Waals surface area contributed by atoms with E-state index in [9.17, 15) is 14.0 Å². The first-order valence-corrected chi connectivity index (χ1v) is 11.6. The second kappa shape index (κ2) is 11.9. The molecule has 0 saturated carbocycles. The molecule has 1 fully saturated rings. The quantitative estimate of drug-likeness (QED) is 0.325. The van der Waals surface area contributed by atoms with Gasteiger partial charge in [0.25, 0.3) is 5.91 Å². The number of carbonyl (C=O) groups is 2. The lowest BCUT2D eigenvalue weighted by Gasteiger charge is -2.31. The Morgan fingerprint density at radius 3 is 2.54 bits per heavy atom. The molecule has 11 nitrogen and oxygen atoms in total. The number of piperidine rings is 1. The summed E-state index contributed by atoms with van der Waals surface area (Å²) in [4.78, 5) is 38.3. The van der Waals surface area contributed by atoms with Gasteiger partial charge in [-0.2, -0.15) is 0 Å². The van der Waals surface area contributed by atoms with E-state index in [1.807, 2.05) is 5.32 Å². The second-order valence-electron chi connectivity index (χ2n) is 8.41. The van der Waals surface area contributed by atoms with Gasteiger partial charge in [0.05, 0.1) is 6.61 Å². The Kier molecular flexibility index (Phi) is 8.18. The molecule has 4 N–H and O–H groups in total. The maximum atomic E-state index is 15.0. The summed E-state index contributed by atoms with van der Waals surface area (Å²) in [5.74, 6) is -0.964. The van der Waals surface area contributed by atoms with Crippen LogP contribution in [0.4, 0.5) is 9.18 Å². The molecule has 1 saturated heterocycles. The lowest BCUT2D eigenvalue weighted by molar-refractivity contribution is 0.0651. The fourth-order valence-electron chi connectivity index (χ4n) is 3.88. The Morgan fingerprint density at radius 1 is 1.11 bits per heavy atom. The molecule has 192 valence electrons. The number of carbonyl (C=O) groups excluding carboxylic acids is 2. The maximum Gasteiger partial charge on any atom is 0.414 e. The number of halogens is 1. The molecule has 2 aromatic heterocycles. The van der Waals surface area contributed by atoms with Crippen LogP contribution in [0, 0.1) is 17.1 Å². The highest BCUT2D eigenvalue weighted by atomic mass is 19.1. The van der Waals surface area contributed by atoms with Crippen molar-refractivity contribution >= 4 is 18.0 Å². The minimum atomic E-state index is -0.951. The van der Waals surface area contributed by atoms with Crippen molar-refractivity contribution < 1.29 is 23.5 Å². The third-order valence-electron chi connectivity index (χ3n) is 5.85. The van der Waals surface area contributed by atoms with Crippen molar-refractivity contribution in [2.45, 2.75) is 19.4 Å². The number of benzene rings is 1. The number of amides is 2. The summed E-state index contributed by atoms with van der Waals surface area (Å²) in [7, 11) is 0. The first-order valence-electron chi connectivity index (χ1n) is 11.6. The van der Waals surface area contributed by atoms with Crippen LogP contribution >= 0.6 is 0 Å². The van der Waals surface area contributed by atoms with Crippen LogP contribution in [0.2, 0.25) is 0 Å². The molecule has 0 spiro atoms. The molecule has 3 aromatic rings. The minimum Gasteiger partial charge on any atom is -0.463 e. The number of pyridine rings is 1. The summed E-state index contributed by atoms with van der Waals surface area (Å²) in [5, 5.41) is 8.96. The van der Waals surface area contributed by atoms with E-state index in [0.29, 0.717) is 31.0 Å². The Hall–Kier alpha value is -4.61. The van der Waals surface area contributed by atoms with Crippen molar-refractivity contribution in [1.29, 1.82) is 5.41 Å². The van der Waals surface area contributed by atoms with Gasteiger partial charge in [-0.3, -0.25) is 20.5 Å². The Balaban J connectivity index is 1.28. The standard InChI is InChI=1S/C25H26FN7O4/c26-21-17(15-37-25(35)32-23(27)28)4-3-5-19(21)18-12-30-24(31-13-18)36-14-16-7-10-33(11-8-16)22(34)20-6-1-2-9-29-20/h1-6,9,12-13,16H,7-8,10-11,14-15H2,(H4,27,28,32,35). The van der Waals surface area contributed by atoms with Gasteiger partial charge in [-0.15, -0.1) is 0 Å². The molecule has 4 rings (SSSR count). The van der Waals surface area contributed by atoms with Crippen LogP contribution in [-0.4, -0.2) is 57.5 Å². The number of nitrogens with one attached hydrogen (secondary N) is 2. The third-order valence-corrected chi connectivity index (χ3v) is 5.85. The average Bonchev–Trinajstić information content (AvgIpc) is 2.92. The van der Waals surface area contributed by atoms with E-state index in [1.54, 1.807) is 41.4 Å². The SMILES string of the molecule is N=C(N)NC(=O)OCc1cccc(-c2cnc(OCC3CCN(C(=O)c4ccccn4)CC3)nc2)c1F. The molecular weight excluding hydrogens is 481 g/mol. The Labute approximate surface area is 212 Å². The fraction of sp³-hybridized carbons (Fsp3) is 0.280. The fourth-order valence-corrected chi connectivity index (χ4v) is 3.88. The largest absolute Gasteiger partial charge is 0.463 e. The van der Waals surface area contributed by atoms with E-state index in [0.717, 1.165) is 12.8 Å². The van der Waals surface area contributed by atoms with Crippen molar-refractivity contribution in [3.05, 3.63) is 72.1 Å². The summed E-state index contributed by atoms with van der Waals surface area (Å²) < 4.78 is 25.6. The molecular formula is C25H26FN7O4. The molecule has 0 atom stereocenters. The maximum absolute atomic E-state index is 15.0. The number of alkyl carbamates (subject to hydrolysis) is 1. The number of nitrogens with zero attached hydrogens (tertiary/aromatic N) is 4. The van der Waals surface area contributed by atoms with Crippen molar-refractivity contribution in [2.24, 2.45) is 11.7 Å². The van der Waals surface area contributed by atoms with Crippen LogP contribution in [-0.2, 0) is 11.3 Å². The van der Waals surface area contributed by atoms with Crippen LogP contribution in [0.3, 0.4) is 0 Å². The summed E-state index contributed by atoms with van der Waals surface area (Å²) in [6, 6.07) is 10.1. The van der Waals surface area contributed by atoms with E-state index >= 15 is 0 Å². The second-order valence-corrected chi connectivity index (χ2v) is 8.41. The van der Waals surface area contributed by atoms with Gasteiger partial charge in [-0.05, 0) is 30.9 Å². The van der Waals surface area contributed by atoms with Gasteiger partial charge >= 0.3 is 12.1 Å². The number of rotatable bonds is 7. The van der Waals surface area contributed by atoms with E-state index < -0.39 is 17.9 Å². The van der Waals surface area contributed by atoms with E-state index in [1.165, 1.54) is 18.5 Å². The molecule has 37 heavy (non-hydrogen) atoms. The zero-order chi connectivity index (χ0) is 26.2. The van der Waals surface area contributed by atoms with Gasteiger partial charge in [0.15, 0.2) is 5.96 Å². The first kappa shape index (κ1) is 25.5. The minimum absolute atomic E-state index is 0.0684. The molecule has 0 unspecified atom stereocenters. The number of hydrogen-bond acceptors (Lipinski definition) is 8. The summed E-state index contributed by atoms with van der Waals surface area (Å²) in [6.07, 6.45) is 5.16. The smallest absolute Gasteiger partial charge is 0.414 e. The van der Waals surface area contributed by atoms with Gasteiger partial charge in [-0.1, -0.05) is 24.3 Å². The zero-order valence-corrected chi connectivity index (χ0v) is 19.9. The number of nitrogens with two attached hydrogens (primary N) is 1. The molecule has 1 aromatic carbocycles. The van der Waals surface area contributed by atoms with Crippen LogP contribution in [0.5, 0.6) is 6.01 Å². The lowest BCUT2D eigenvalue weighted by atomic mass is 9.97. The predicted molar refractivity (Wildman–Crippen MR) is 131 cm³/mol. The molecule has 2 amide bonds. The van der Waals surface area contributed by atoms with Crippen molar-refractivity contribution in [2.75, 3.05) is 19.7 Å². The molecule has 1 aliphatic rings. The van der Waals surface area contributed by atoms with Gasteiger partial charge in [-0.25, -0.2) is 19.2 Å². The monoisotopic (exact) mass is 507 g/mol. The predicted octanol–water partition coefficient (Wildman–Crippen LogP) is 2.73. The topological polar surface area (TPSA) is 156 Å². The molecule has 0 radical (unpaired) electrons. The number of hydrogen-bond donors (Lipinski definition) is 3. The van der Waals surface area contributed by atoms with Crippen molar-refractivity contribution in [3.8, 4) is 17.1 Å². The highest BCUT2D eigenvalue weighted by Gasteiger charge is 2.25. The van der Waals surface area contributed by atoms with E-state index in [4.69, 9.17) is 20.6 Å². The van der Waals surface area contributed by atoms with Gasteiger partial charge in [0, 0.05) is 48.4 Å². The van der Waals surface area contributed by atoms with Crippen LogP contribution in [0.1, 0.15) is 28.9 Å². The number of ether oxygens (including phenoxy) is 2. The normalized spacial score (nSPS) is 13.6.